The van der Waals surface area contributed by atoms with E-state index < -0.39 is 17.1 Å². The molecule has 0 bridgehead atoms. The van der Waals surface area contributed by atoms with Gasteiger partial charge in [-0.3, -0.25) is 0 Å². The molecule has 0 saturated heterocycles. The quantitative estimate of drug-likeness (QED) is 0.679. The van der Waals surface area contributed by atoms with Crippen LogP contribution >= 0.6 is 11.6 Å². The Bertz CT molecular complexity index is 682. The number of hydrogen-bond donors (Lipinski definition) is 2. The lowest BCUT2D eigenvalue weighted by molar-refractivity contribution is -0.135. The van der Waals surface area contributed by atoms with Gasteiger partial charge in [-0.1, -0.05) is 44.0 Å². The van der Waals surface area contributed by atoms with Gasteiger partial charge in [-0.2, -0.15) is 0 Å². The standard InChI is InChI=1S/C19H23ClO5/c1-3-7-13-15(21)9-5-10-16(13)25-17-14(18(22)23)8-6-11-19(17,20)24-12-4-2/h5-6,8-11,17,21H,3-4,7,12H2,1-2H3,(H,22,23). The van der Waals surface area contributed by atoms with Crippen LogP contribution in [0.25, 0.3) is 0 Å². The summed E-state index contributed by atoms with van der Waals surface area (Å²) in [6.07, 6.45) is 5.69. The van der Waals surface area contributed by atoms with Crippen LogP contribution in [0.4, 0.5) is 0 Å². The van der Waals surface area contributed by atoms with Gasteiger partial charge in [0, 0.05) is 12.2 Å². The van der Waals surface area contributed by atoms with Gasteiger partial charge in [-0.15, -0.1) is 0 Å². The average molecular weight is 367 g/mol. The van der Waals surface area contributed by atoms with E-state index in [4.69, 9.17) is 21.1 Å². The first-order chi connectivity index (χ1) is 11.9. The smallest absolute Gasteiger partial charge is 0.335 e. The number of allylic oxidation sites excluding steroid dienone is 2. The predicted octanol–water partition coefficient (Wildman–Crippen LogP) is 4.03. The molecule has 25 heavy (non-hydrogen) atoms. The van der Waals surface area contributed by atoms with E-state index in [0.717, 1.165) is 12.8 Å². The van der Waals surface area contributed by atoms with Crippen LogP contribution in [-0.2, 0) is 16.0 Å². The predicted molar refractivity (Wildman–Crippen MR) is 96.2 cm³/mol. The van der Waals surface area contributed by atoms with Gasteiger partial charge in [0.1, 0.15) is 11.5 Å². The van der Waals surface area contributed by atoms with E-state index in [0.29, 0.717) is 24.3 Å². The zero-order valence-electron chi connectivity index (χ0n) is 14.4. The number of rotatable bonds is 8. The van der Waals surface area contributed by atoms with Crippen LogP contribution < -0.4 is 4.74 Å². The summed E-state index contributed by atoms with van der Waals surface area (Å²) in [6, 6.07) is 4.92. The Morgan fingerprint density at radius 2 is 2.08 bits per heavy atom. The molecule has 6 heteroatoms. The molecule has 0 heterocycles. The molecule has 2 N–H and O–H groups in total. The molecular formula is C19H23ClO5. The lowest BCUT2D eigenvalue weighted by atomic mass is 9.97. The zero-order chi connectivity index (χ0) is 18.4. The Labute approximate surface area is 152 Å². The van der Waals surface area contributed by atoms with Crippen molar-refractivity contribution in [3.05, 3.63) is 47.6 Å². The van der Waals surface area contributed by atoms with E-state index in [2.05, 4.69) is 0 Å². The molecule has 2 rings (SSSR count). The van der Waals surface area contributed by atoms with Crippen LogP contribution in [0, 0.1) is 0 Å². The average Bonchev–Trinajstić information content (AvgIpc) is 2.58. The van der Waals surface area contributed by atoms with Crippen molar-refractivity contribution >= 4 is 17.6 Å². The molecule has 2 unspecified atom stereocenters. The summed E-state index contributed by atoms with van der Waals surface area (Å²) >= 11 is 6.58. The number of carbonyl (C=O) groups is 1. The molecule has 0 aromatic heterocycles. The summed E-state index contributed by atoms with van der Waals surface area (Å²) < 4.78 is 11.7. The number of alkyl halides is 1. The van der Waals surface area contributed by atoms with Gasteiger partial charge in [0.05, 0.1) is 5.57 Å². The molecule has 2 atom stereocenters. The van der Waals surface area contributed by atoms with E-state index in [-0.39, 0.29) is 11.3 Å². The number of aliphatic carboxylic acids is 1. The number of hydrogen-bond acceptors (Lipinski definition) is 4. The molecule has 5 nitrogen and oxygen atoms in total. The maximum absolute atomic E-state index is 11.6. The third-order valence-corrected chi connectivity index (χ3v) is 4.30. The van der Waals surface area contributed by atoms with Crippen LogP contribution in [0.15, 0.2) is 42.0 Å². The topological polar surface area (TPSA) is 76.0 Å². The van der Waals surface area contributed by atoms with Crippen LogP contribution in [0.5, 0.6) is 11.5 Å². The number of phenols is 1. The van der Waals surface area contributed by atoms with Crippen molar-refractivity contribution < 1.29 is 24.5 Å². The first-order valence-electron chi connectivity index (χ1n) is 8.36. The van der Waals surface area contributed by atoms with E-state index in [1.165, 1.54) is 6.08 Å². The van der Waals surface area contributed by atoms with Crippen LogP contribution in [0.3, 0.4) is 0 Å². The summed E-state index contributed by atoms with van der Waals surface area (Å²) in [4.78, 5) is 11.6. The molecule has 1 aromatic rings. The van der Waals surface area contributed by atoms with E-state index >= 15 is 0 Å². The summed E-state index contributed by atoms with van der Waals surface area (Å²) in [7, 11) is 0. The van der Waals surface area contributed by atoms with Gasteiger partial charge in [0.15, 0.2) is 6.10 Å². The molecule has 0 amide bonds. The second kappa shape index (κ2) is 8.41. The number of benzene rings is 1. The minimum atomic E-state index is -1.42. The molecule has 0 spiro atoms. The normalized spacial score (nSPS) is 22.5. The van der Waals surface area contributed by atoms with Gasteiger partial charge in [-0.05, 0) is 37.1 Å². The van der Waals surface area contributed by atoms with Gasteiger partial charge >= 0.3 is 5.97 Å². The molecule has 136 valence electrons. The van der Waals surface area contributed by atoms with Crippen molar-refractivity contribution in [2.45, 2.75) is 44.3 Å². The molecule has 0 fully saturated rings. The Balaban J connectivity index is 2.41. The first kappa shape index (κ1) is 19.3. The van der Waals surface area contributed by atoms with E-state index in [1.807, 2.05) is 13.8 Å². The summed E-state index contributed by atoms with van der Waals surface area (Å²) in [6.45, 7) is 4.28. The third-order valence-electron chi connectivity index (χ3n) is 3.87. The van der Waals surface area contributed by atoms with Crippen molar-refractivity contribution in [2.75, 3.05) is 6.61 Å². The zero-order valence-corrected chi connectivity index (χ0v) is 15.1. The molecule has 1 aliphatic carbocycles. The number of carboxylic acid groups (broad SMARTS) is 1. The fourth-order valence-electron chi connectivity index (χ4n) is 2.67. The molecule has 0 aliphatic heterocycles. The van der Waals surface area contributed by atoms with Crippen molar-refractivity contribution in [3.8, 4) is 11.5 Å². The highest BCUT2D eigenvalue weighted by Crippen LogP contribution is 2.38. The Kier molecular flexibility index (Phi) is 6.51. The number of phenolic OH excluding ortho intramolecular Hbond substituents is 1. The highest BCUT2D eigenvalue weighted by molar-refractivity contribution is 6.25. The maximum atomic E-state index is 11.6. The van der Waals surface area contributed by atoms with Gasteiger partial charge in [-0.25, -0.2) is 4.79 Å². The SMILES string of the molecule is CCCOC1(Cl)C=CC=C(C(=O)O)C1Oc1cccc(O)c1CCC. The Morgan fingerprint density at radius 1 is 1.32 bits per heavy atom. The Hall–Kier alpha value is -1.98. The lowest BCUT2D eigenvalue weighted by Crippen LogP contribution is -2.46. The van der Waals surface area contributed by atoms with Crippen LogP contribution in [0.1, 0.15) is 32.3 Å². The molecular weight excluding hydrogens is 344 g/mol. The number of halogens is 1. The van der Waals surface area contributed by atoms with Crippen molar-refractivity contribution in [3.63, 3.8) is 0 Å². The minimum Gasteiger partial charge on any atom is -0.508 e. The fourth-order valence-corrected chi connectivity index (χ4v) is 2.98. The fraction of sp³-hybridized carbons (Fsp3) is 0.421. The van der Waals surface area contributed by atoms with Gasteiger partial charge in [0.25, 0.3) is 0 Å². The molecule has 0 saturated carbocycles. The monoisotopic (exact) mass is 366 g/mol. The summed E-state index contributed by atoms with van der Waals surface area (Å²) in [5, 5.41) is 18.2. The maximum Gasteiger partial charge on any atom is 0.335 e. The van der Waals surface area contributed by atoms with E-state index in [9.17, 15) is 15.0 Å². The number of ether oxygens (including phenoxy) is 2. The van der Waals surface area contributed by atoms with E-state index in [1.54, 1.807) is 30.4 Å². The minimum absolute atomic E-state index is 0.000561. The van der Waals surface area contributed by atoms with Crippen LogP contribution in [-0.4, -0.2) is 34.0 Å². The van der Waals surface area contributed by atoms with Crippen LogP contribution in [0.2, 0.25) is 0 Å². The third kappa shape index (κ3) is 4.35. The largest absolute Gasteiger partial charge is 0.508 e. The highest BCUT2D eigenvalue weighted by atomic mass is 35.5. The molecule has 1 aromatic carbocycles. The second-order valence-corrected chi connectivity index (χ2v) is 6.42. The summed E-state index contributed by atoms with van der Waals surface area (Å²) in [5.74, 6) is -0.614. The Morgan fingerprint density at radius 3 is 2.72 bits per heavy atom. The van der Waals surface area contributed by atoms with Crippen molar-refractivity contribution in [1.29, 1.82) is 0 Å². The second-order valence-electron chi connectivity index (χ2n) is 5.83. The highest BCUT2D eigenvalue weighted by Gasteiger charge is 2.44. The summed E-state index contributed by atoms with van der Waals surface area (Å²) in [5.41, 5.74) is 0.623. The lowest BCUT2D eigenvalue weighted by Gasteiger charge is -2.35. The van der Waals surface area contributed by atoms with Crippen molar-refractivity contribution in [1.82, 2.24) is 0 Å². The number of carboxylic acids is 1. The first-order valence-corrected chi connectivity index (χ1v) is 8.73. The van der Waals surface area contributed by atoms with Gasteiger partial charge < -0.3 is 19.7 Å². The van der Waals surface area contributed by atoms with Gasteiger partial charge in [0.2, 0.25) is 5.06 Å². The molecule has 1 aliphatic rings. The van der Waals surface area contributed by atoms with Crippen molar-refractivity contribution in [2.24, 2.45) is 0 Å². The molecule has 0 radical (unpaired) electrons. The number of aromatic hydroxyl groups is 1.